The van der Waals surface area contributed by atoms with Crippen LogP contribution in [0.5, 0.6) is 0 Å². The Bertz CT molecular complexity index is 1350. The SMILES string of the molecule is CNCCC(C)(C)OCCC(C)(C)C(=O)NCCC(=O)N1Cc2ccccc2-c2c(nnn2C)-c2ccccc21. The van der Waals surface area contributed by atoms with Crippen LogP contribution in [0.2, 0.25) is 0 Å². The van der Waals surface area contributed by atoms with E-state index < -0.39 is 5.41 Å². The van der Waals surface area contributed by atoms with Crippen LogP contribution < -0.4 is 15.5 Å². The Hall–Kier alpha value is -3.56. The van der Waals surface area contributed by atoms with Gasteiger partial charge in [0.25, 0.3) is 0 Å². The number of aromatic nitrogens is 3. The second kappa shape index (κ2) is 12.3. The average molecular weight is 547 g/mol. The number of benzene rings is 2. The molecule has 214 valence electrons. The van der Waals surface area contributed by atoms with Gasteiger partial charge in [-0.3, -0.25) is 9.59 Å². The van der Waals surface area contributed by atoms with Crippen molar-refractivity contribution in [2.75, 3.05) is 31.6 Å². The first kappa shape index (κ1) is 29.4. The van der Waals surface area contributed by atoms with Crippen molar-refractivity contribution < 1.29 is 14.3 Å². The van der Waals surface area contributed by atoms with Gasteiger partial charge in [-0.2, -0.15) is 0 Å². The molecule has 0 atom stereocenters. The Balaban J connectivity index is 1.43. The van der Waals surface area contributed by atoms with Gasteiger partial charge >= 0.3 is 0 Å². The predicted octanol–water partition coefficient (Wildman–Crippen LogP) is 4.32. The van der Waals surface area contributed by atoms with Gasteiger partial charge < -0.3 is 20.3 Å². The van der Waals surface area contributed by atoms with Crippen LogP contribution in [-0.2, 0) is 27.9 Å². The maximum Gasteiger partial charge on any atom is 0.229 e. The molecule has 9 heteroatoms. The third-order valence-corrected chi connectivity index (χ3v) is 7.61. The van der Waals surface area contributed by atoms with Crippen LogP contribution in [-0.4, -0.2) is 59.2 Å². The number of aryl methyl sites for hydroxylation is 1. The molecular formula is C31H42N6O3. The molecule has 40 heavy (non-hydrogen) atoms. The molecule has 2 amide bonds. The van der Waals surface area contributed by atoms with Crippen LogP contribution in [0.15, 0.2) is 48.5 Å². The van der Waals surface area contributed by atoms with E-state index in [2.05, 4.69) is 34.8 Å². The number of carbonyl (C=O) groups excluding carboxylic acids is 2. The molecule has 0 spiro atoms. The van der Waals surface area contributed by atoms with Gasteiger partial charge in [-0.15, -0.1) is 5.10 Å². The number of carbonyl (C=O) groups is 2. The van der Waals surface area contributed by atoms with Gasteiger partial charge in [0.05, 0.1) is 23.5 Å². The highest BCUT2D eigenvalue weighted by Crippen LogP contribution is 2.40. The van der Waals surface area contributed by atoms with E-state index in [-0.39, 0.29) is 30.4 Å². The lowest BCUT2D eigenvalue weighted by Gasteiger charge is -2.30. The molecular weight excluding hydrogens is 504 g/mol. The van der Waals surface area contributed by atoms with E-state index in [0.29, 0.717) is 19.6 Å². The van der Waals surface area contributed by atoms with Crippen molar-refractivity contribution in [1.29, 1.82) is 0 Å². The first-order valence-electron chi connectivity index (χ1n) is 14.0. The number of hydrogen-bond donors (Lipinski definition) is 2. The fourth-order valence-electron chi connectivity index (χ4n) is 4.97. The van der Waals surface area contributed by atoms with Crippen molar-refractivity contribution in [1.82, 2.24) is 25.6 Å². The quantitative estimate of drug-likeness (QED) is 0.371. The highest BCUT2D eigenvalue weighted by molar-refractivity contribution is 6.00. The summed E-state index contributed by atoms with van der Waals surface area (Å²) in [6.45, 7) is 9.99. The molecule has 0 aliphatic carbocycles. The zero-order valence-electron chi connectivity index (χ0n) is 24.6. The van der Waals surface area contributed by atoms with Crippen molar-refractivity contribution >= 4 is 17.5 Å². The van der Waals surface area contributed by atoms with E-state index >= 15 is 0 Å². The summed E-state index contributed by atoms with van der Waals surface area (Å²) in [6, 6.07) is 15.8. The maximum atomic E-state index is 13.7. The smallest absolute Gasteiger partial charge is 0.229 e. The Kier molecular flexibility index (Phi) is 9.05. The van der Waals surface area contributed by atoms with Gasteiger partial charge in [-0.05, 0) is 51.9 Å². The summed E-state index contributed by atoms with van der Waals surface area (Å²) >= 11 is 0. The first-order valence-corrected chi connectivity index (χ1v) is 14.0. The highest BCUT2D eigenvalue weighted by Gasteiger charge is 2.30. The number of nitrogens with zero attached hydrogens (tertiary/aromatic N) is 4. The van der Waals surface area contributed by atoms with Gasteiger partial charge in [0.2, 0.25) is 11.8 Å². The first-order chi connectivity index (χ1) is 19.0. The molecule has 9 nitrogen and oxygen atoms in total. The normalized spacial score (nSPS) is 13.1. The van der Waals surface area contributed by atoms with E-state index in [1.165, 1.54) is 0 Å². The van der Waals surface area contributed by atoms with Crippen LogP contribution >= 0.6 is 0 Å². The molecule has 2 heterocycles. The second-order valence-electron chi connectivity index (χ2n) is 11.7. The number of rotatable bonds is 11. The van der Waals surface area contributed by atoms with Crippen molar-refractivity contribution in [2.45, 2.75) is 59.1 Å². The summed E-state index contributed by atoms with van der Waals surface area (Å²) in [4.78, 5) is 28.5. The Labute approximate surface area is 237 Å². The highest BCUT2D eigenvalue weighted by atomic mass is 16.5. The van der Waals surface area contributed by atoms with Crippen LogP contribution in [0, 0.1) is 5.41 Å². The molecule has 2 aromatic carbocycles. The molecule has 1 aliphatic heterocycles. The van der Waals surface area contributed by atoms with Gasteiger partial charge in [0.15, 0.2) is 0 Å². The molecule has 0 saturated heterocycles. The topological polar surface area (TPSA) is 101 Å². The fourth-order valence-corrected chi connectivity index (χ4v) is 4.97. The number of hydrogen-bond acceptors (Lipinski definition) is 6. The van der Waals surface area contributed by atoms with Gasteiger partial charge in [0.1, 0.15) is 5.69 Å². The lowest BCUT2D eigenvalue weighted by molar-refractivity contribution is -0.131. The van der Waals surface area contributed by atoms with E-state index in [9.17, 15) is 9.59 Å². The fraction of sp³-hybridized carbons (Fsp3) is 0.484. The third kappa shape index (κ3) is 6.59. The molecule has 0 radical (unpaired) electrons. The largest absolute Gasteiger partial charge is 0.375 e. The van der Waals surface area contributed by atoms with Crippen LogP contribution in [0.3, 0.4) is 0 Å². The molecule has 1 aliphatic rings. The molecule has 0 bridgehead atoms. The van der Waals surface area contributed by atoms with E-state index in [0.717, 1.165) is 46.7 Å². The Morgan fingerprint density at radius 2 is 1.68 bits per heavy atom. The summed E-state index contributed by atoms with van der Waals surface area (Å²) in [7, 11) is 3.81. The molecule has 0 unspecified atom stereocenters. The monoisotopic (exact) mass is 546 g/mol. The van der Waals surface area contributed by atoms with Crippen molar-refractivity contribution in [2.24, 2.45) is 12.5 Å². The number of nitrogens with one attached hydrogen (secondary N) is 2. The molecule has 0 fully saturated rings. The predicted molar refractivity (Wildman–Crippen MR) is 158 cm³/mol. The van der Waals surface area contributed by atoms with E-state index in [1.54, 1.807) is 9.58 Å². The molecule has 4 rings (SSSR count). The van der Waals surface area contributed by atoms with Crippen LogP contribution in [0.4, 0.5) is 5.69 Å². The number of fused-ring (bicyclic) bond motifs is 5. The van der Waals surface area contributed by atoms with Crippen LogP contribution in [0.25, 0.3) is 22.5 Å². The Morgan fingerprint density at radius 3 is 2.42 bits per heavy atom. The molecule has 3 aromatic rings. The molecule has 0 saturated carbocycles. The van der Waals surface area contributed by atoms with Gasteiger partial charge in [0, 0.05) is 43.2 Å². The third-order valence-electron chi connectivity index (χ3n) is 7.61. The minimum Gasteiger partial charge on any atom is -0.375 e. The second-order valence-corrected chi connectivity index (χ2v) is 11.7. The van der Waals surface area contributed by atoms with Crippen molar-refractivity contribution in [3.63, 3.8) is 0 Å². The minimum absolute atomic E-state index is 0.0673. The summed E-state index contributed by atoms with van der Waals surface area (Å²) in [5.41, 5.74) is 4.47. The van der Waals surface area contributed by atoms with Gasteiger partial charge in [-0.1, -0.05) is 61.5 Å². The number of para-hydroxylation sites is 1. The number of amides is 2. The maximum absolute atomic E-state index is 13.7. The summed E-state index contributed by atoms with van der Waals surface area (Å²) in [5.74, 6) is -0.151. The minimum atomic E-state index is -0.615. The zero-order chi connectivity index (χ0) is 28.9. The molecule has 1 aromatic heterocycles. The number of ether oxygens (including phenoxy) is 1. The lowest BCUT2D eigenvalue weighted by Crippen LogP contribution is -2.41. The lowest BCUT2D eigenvalue weighted by atomic mass is 9.88. The summed E-state index contributed by atoms with van der Waals surface area (Å²) in [6.07, 6.45) is 1.66. The number of anilines is 1. The zero-order valence-corrected chi connectivity index (χ0v) is 24.6. The van der Waals surface area contributed by atoms with Gasteiger partial charge in [-0.25, -0.2) is 4.68 Å². The van der Waals surface area contributed by atoms with E-state index in [1.807, 2.05) is 76.5 Å². The summed E-state index contributed by atoms with van der Waals surface area (Å²) in [5, 5.41) is 14.9. The standard InChI is InChI=1S/C31H42N6O3/c1-30(2,17-20-40-31(3,4)16-19-32-5)29(39)33-18-15-26(38)37-21-22-11-7-8-12-23(22)28-27(34-35-36(28)6)24-13-9-10-14-25(24)37/h7-14,32H,15-21H2,1-6H3,(H,33,39). The molecule has 2 N–H and O–H groups in total. The Morgan fingerprint density at radius 1 is 0.975 bits per heavy atom. The average Bonchev–Trinajstić information content (AvgIpc) is 3.29. The van der Waals surface area contributed by atoms with Crippen molar-refractivity contribution in [3.05, 3.63) is 54.1 Å². The van der Waals surface area contributed by atoms with Crippen molar-refractivity contribution in [3.8, 4) is 22.5 Å². The summed E-state index contributed by atoms with van der Waals surface area (Å²) < 4.78 is 7.84. The van der Waals surface area contributed by atoms with Crippen LogP contribution in [0.1, 0.15) is 52.5 Å². The van der Waals surface area contributed by atoms with E-state index in [4.69, 9.17) is 4.74 Å².